The summed E-state index contributed by atoms with van der Waals surface area (Å²) in [7, 11) is -1.81. The standard InChI is InChI=1S/C72H68N3O4P/c1-5-9-23-47(7-3)71(78)73-61-45-53(75(63-37-19-29-49-25-11-15-33-55(49)63)64-38-20-30-50-26-12-16-34-56(50)64)41-43-59(61)67-69(76)68(70(67)77)60-44-42-54(46-62(60)74-72(79)48(8-4)24-10-6-2)80(65-39-21-31-51-27-13-17-35-57(51)65)66-40-22-32-52-28-14-18-36-58(52)66/h11-22,25-48,76,80H,5-10,23-24H2,1-4H3,(H,73,78)(H,74,79)/b68-60+. The largest absolute Gasteiger partial charge is 0.506 e. The number of hydrogen-bond acceptors (Lipinski definition) is 5. The van der Waals surface area contributed by atoms with E-state index in [4.69, 9.17) is 0 Å². The third kappa shape index (κ3) is 10.3. The molecule has 400 valence electrons. The molecule has 2 aliphatic carbocycles. The molecule has 0 radical (unpaired) electrons. The van der Waals surface area contributed by atoms with Gasteiger partial charge in [-0.15, -0.1) is 0 Å². The number of Topliss-reactive ketones (excluding diaryl/α,β-unsaturated/α-hetero) is 1. The summed E-state index contributed by atoms with van der Waals surface area (Å²) in [5, 5.41) is 31.6. The SMILES string of the molecule is CCCCC(CC)C(=O)NC1=CC(=[PH](c2cccc3ccccc23)c2cccc3ccccc23)C=C/C1=C1\C(=O)C(c2ccc(N(c3cccc4ccccc34)c3cccc4ccccc34)cc2NC(=O)C(CC)CCCC)=C1O. The van der Waals surface area contributed by atoms with Gasteiger partial charge in [0.2, 0.25) is 17.6 Å². The van der Waals surface area contributed by atoms with Crippen molar-refractivity contribution < 1.29 is 19.5 Å². The molecule has 2 aliphatic rings. The van der Waals surface area contributed by atoms with Crippen LogP contribution in [0, 0.1) is 11.8 Å². The van der Waals surface area contributed by atoms with Gasteiger partial charge in [0.1, 0.15) is 5.76 Å². The zero-order valence-corrected chi connectivity index (χ0v) is 47.1. The van der Waals surface area contributed by atoms with E-state index in [0.717, 1.165) is 104 Å². The minimum Gasteiger partial charge on any atom is -0.506 e. The highest BCUT2D eigenvalue weighted by Crippen LogP contribution is 2.48. The zero-order valence-electron chi connectivity index (χ0n) is 46.1. The molecule has 2 atom stereocenters. The highest BCUT2D eigenvalue weighted by Gasteiger charge is 2.40. The molecule has 0 saturated carbocycles. The second-order valence-electron chi connectivity index (χ2n) is 21.2. The average molecular weight is 1070 g/mol. The van der Waals surface area contributed by atoms with Gasteiger partial charge in [-0.2, -0.15) is 0 Å². The van der Waals surface area contributed by atoms with Crippen molar-refractivity contribution >= 4 is 112 Å². The van der Waals surface area contributed by atoms with Gasteiger partial charge in [0, 0.05) is 45.1 Å². The van der Waals surface area contributed by atoms with E-state index in [1.165, 1.54) is 10.6 Å². The Morgan fingerprint density at radius 1 is 0.525 bits per heavy atom. The first-order valence-electron chi connectivity index (χ1n) is 28.6. The van der Waals surface area contributed by atoms with E-state index < -0.39 is 7.55 Å². The van der Waals surface area contributed by atoms with Gasteiger partial charge in [0.15, 0.2) is 0 Å². The van der Waals surface area contributed by atoms with E-state index in [1.54, 1.807) is 0 Å². The molecular weight excluding hydrogens is 1000 g/mol. The molecule has 0 spiro atoms. The Hall–Kier alpha value is -8.51. The number of ketones is 1. The molecule has 0 aliphatic heterocycles. The molecule has 8 heteroatoms. The quantitative estimate of drug-likeness (QED) is 0.0587. The second-order valence-corrected chi connectivity index (χ2v) is 23.6. The van der Waals surface area contributed by atoms with Gasteiger partial charge in [-0.1, -0.05) is 231 Å². The molecule has 0 saturated heterocycles. The number of carbonyl (C=O) groups excluding carboxylic acids is 3. The fourth-order valence-electron chi connectivity index (χ4n) is 11.9. The van der Waals surface area contributed by atoms with Crippen molar-refractivity contribution in [2.45, 2.75) is 79.1 Å². The van der Waals surface area contributed by atoms with Gasteiger partial charge < -0.3 is 20.6 Å². The van der Waals surface area contributed by atoms with Crippen molar-refractivity contribution in [1.29, 1.82) is 0 Å². The maximum Gasteiger partial charge on any atom is 0.227 e. The normalized spacial score (nSPS) is 15.1. The number of carbonyl (C=O) groups is 3. The predicted octanol–water partition coefficient (Wildman–Crippen LogP) is 16.9. The van der Waals surface area contributed by atoms with Crippen LogP contribution in [0.1, 0.15) is 84.6 Å². The zero-order chi connectivity index (χ0) is 55.3. The number of aliphatic hydroxyl groups excluding tert-OH is 1. The van der Waals surface area contributed by atoms with Crippen molar-refractivity contribution in [2.24, 2.45) is 11.8 Å². The van der Waals surface area contributed by atoms with E-state index in [9.17, 15) is 14.7 Å². The molecule has 2 amide bonds. The number of nitrogens with one attached hydrogen (secondary N) is 2. The Labute approximate surface area is 470 Å². The Kier molecular flexibility index (Phi) is 15.9. The van der Waals surface area contributed by atoms with Crippen LogP contribution in [-0.2, 0) is 14.4 Å². The monoisotopic (exact) mass is 1070 g/mol. The van der Waals surface area contributed by atoms with Gasteiger partial charge in [-0.3, -0.25) is 14.4 Å². The Morgan fingerprint density at radius 3 is 1.49 bits per heavy atom. The molecular formula is C72H68N3O4P. The van der Waals surface area contributed by atoms with Crippen molar-refractivity contribution in [1.82, 2.24) is 5.32 Å². The maximum atomic E-state index is 15.3. The van der Waals surface area contributed by atoms with Crippen LogP contribution in [-0.4, -0.2) is 28.0 Å². The molecule has 9 aromatic carbocycles. The number of fused-ring (bicyclic) bond motifs is 4. The number of benzene rings is 9. The van der Waals surface area contributed by atoms with Gasteiger partial charge >= 0.3 is 0 Å². The topological polar surface area (TPSA) is 98.7 Å². The minimum atomic E-state index is -1.81. The van der Waals surface area contributed by atoms with Crippen LogP contribution in [0.25, 0.3) is 48.7 Å². The number of allylic oxidation sites excluding steroid dienone is 5. The number of unbranched alkanes of at least 4 members (excludes halogenated alkanes) is 2. The molecule has 2 unspecified atom stereocenters. The first-order chi connectivity index (χ1) is 39.2. The van der Waals surface area contributed by atoms with Crippen molar-refractivity contribution in [3.63, 3.8) is 0 Å². The fourth-order valence-corrected chi connectivity index (χ4v) is 14.9. The first kappa shape index (κ1) is 53.5. The number of anilines is 4. The lowest BCUT2D eigenvalue weighted by Gasteiger charge is -2.31. The van der Waals surface area contributed by atoms with Crippen LogP contribution < -0.4 is 26.1 Å². The van der Waals surface area contributed by atoms with Crippen molar-refractivity contribution in [3.05, 3.63) is 234 Å². The number of aliphatic hydroxyl groups is 1. The Morgan fingerprint density at radius 2 is 0.988 bits per heavy atom. The summed E-state index contributed by atoms with van der Waals surface area (Å²) in [5.41, 5.74) is 4.64. The molecule has 3 N–H and O–H groups in total. The molecule has 9 aromatic rings. The number of amides is 2. The highest BCUT2D eigenvalue weighted by molar-refractivity contribution is 7.75. The van der Waals surface area contributed by atoms with Gasteiger partial charge in [0.05, 0.1) is 28.2 Å². The van der Waals surface area contributed by atoms with E-state index >= 15 is 4.79 Å². The van der Waals surface area contributed by atoms with Crippen LogP contribution in [0.4, 0.5) is 22.7 Å². The number of hydrogen-bond donors (Lipinski definition) is 3. The summed E-state index contributed by atoms with van der Waals surface area (Å²) in [6, 6.07) is 64.9. The summed E-state index contributed by atoms with van der Waals surface area (Å²) in [4.78, 5) is 46.7. The fraction of sp³-hybridized carbons (Fsp3) is 0.194. The number of nitrogens with zero attached hydrogens (tertiary/aromatic N) is 1. The van der Waals surface area contributed by atoms with E-state index in [-0.39, 0.29) is 46.3 Å². The van der Waals surface area contributed by atoms with Crippen LogP contribution in [0.5, 0.6) is 0 Å². The lowest BCUT2D eigenvalue weighted by Crippen LogP contribution is -2.33. The predicted molar refractivity (Wildman–Crippen MR) is 339 cm³/mol. The lowest BCUT2D eigenvalue weighted by atomic mass is 9.78. The van der Waals surface area contributed by atoms with Gasteiger partial charge in [-0.05, 0) is 110 Å². The minimum absolute atomic E-state index is 0.109. The third-order valence-corrected chi connectivity index (χ3v) is 19.1. The Balaban J connectivity index is 1.10. The smallest absolute Gasteiger partial charge is 0.227 e. The molecule has 0 heterocycles. The second kappa shape index (κ2) is 23.8. The molecule has 80 heavy (non-hydrogen) atoms. The van der Waals surface area contributed by atoms with Crippen LogP contribution in [0.15, 0.2) is 229 Å². The van der Waals surface area contributed by atoms with Crippen molar-refractivity contribution in [2.75, 3.05) is 10.2 Å². The van der Waals surface area contributed by atoms with Gasteiger partial charge in [-0.25, -0.2) is 0 Å². The van der Waals surface area contributed by atoms with Crippen LogP contribution >= 0.6 is 7.55 Å². The maximum absolute atomic E-state index is 15.3. The highest BCUT2D eigenvalue weighted by atomic mass is 31.1. The van der Waals surface area contributed by atoms with E-state index in [0.29, 0.717) is 35.4 Å². The van der Waals surface area contributed by atoms with Crippen molar-refractivity contribution in [3.8, 4) is 0 Å². The molecule has 0 fully saturated rings. The summed E-state index contributed by atoms with van der Waals surface area (Å²) >= 11 is 0. The Bertz CT molecular complexity index is 3890. The third-order valence-electron chi connectivity index (χ3n) is 16.2. The summed E-state index contributed by atoms with van der Waals surface area (Å²) < 4.78 is 0. The molecule has 7 nitrogen and oxygen atoms in total. The van der Waals surface area contributed by atoms with Crippen LogP contribution in [0.2, 0.25) is 0 Å². The summed E-state index contributed by atoms with van der Waals surface area (Å²) in [6.07, 6.45) is 12.6. The summed E-state index contributed by atoms with van der Waals surface area (Å²) in [5.74, 6) is -1.32. The van der Waals surface area contributed by atoms with E-state index in [1.807, 2.05) is 62.4 Å². The molecule has 0 bridgehead atoms. The lowest BCUT2D eigenvalue weighted by molar-refractivity contribution is -0.124. The van der Waals surface area contributed by atoms with Crippen LogP contribution in [0.3, 0.4) is 0 Å². The number of rotatable bonds is 18. The molecule has 0 aromatic heterocycles. The average Bonchev–Trinajstić information content (AvgIpc) is 3.52. The summed E-state index contributed by atoms with van der Waals surface area (Å²) in [6.45, 7) is 8.34. The molecule has 11 rings (SSSR count). The van der Waals surface area contributed by atoms with Gasteiger partial charge in [0.25, 0.3) is 0 Å². The van der Waals surface area contributed by atoms with E-state index in [2.05, 4.69) is 187 Å². The first-order valence-corrected chi connectivity index (χ1v) is 30.1.